The van der Waals surface area contributed by atoms with Crippen LogP contribution in [-0.2, 0) is 15.9 Å². The monoisotopic (exact) mass is 563 g/mol. The molecule has 0 radical (unpaired) electrons. The lowest BCUT2D eigenvalue weighted by Gasteiger charge is -2.30. The van der Waals surface area contributed by atoms with Crippen molar-refractivity contribution in [2.75, 3.05) is 5.32 Å². The first-order valence-corrected chi connectivity index (χ1v) is 13.1. The minimum atomic E-state index is -0.820. The molecule has 208 valence electrons. The summed E-state index contributed by atoms with van der Waals surface area (Å²) >= 11 is 5.74. The molecule has 1 N–H and O–H groups in total. The number of anilines is 1. The standard InChI is InChI=1S/C21H18O5.C10H12ClNO2/c1-21(2,26-20(23)13-6-4-3-5-7-13)18-11-15-10-14-8-9-19(22)25-16(14)12-17(15)24-18;1-7(2)14-10(13)12-9-5-3-4-8(11)6-9/h3-10,12,18H,11H2,1-2H3;3-7H,1-2H3,(H,12,13). The quantitative estimate of drug-likeness (QED) is 0.205. The van der Waals surface area contributed by atoms with Gasteiger partial charge in [-0.15, -0.1) is 0 Å². The zero-order chi connectivity index (χ0) is 28.9. The van der Waals surface area contributed by atoms with Gasteiger partial charge in [0.2, 0.25) is 0 Å². The fourth-order valence-corrected chi connectivity index (χ4v) is 4.25. The Labute approximate surface area is 236 Å². The van der Waals surface area contributed by atoms with E-state index in [1.165, 1.54) is 6.07 Å². The number of carbonyl (C=O) groups excluding carboxylic acids is 2. The molecular weight excluding hydrogens is 534 g/mol. The molecule has 0 bridgehead atoms. The van der Waals surface area contributed by atoms with Crippen LogP contribution < -0.4 is 15.7 Å². The maximum atomic E-state index is 12.4. The number of carbonyl (C=O) groups is 2. The van der Waals surface area contributed by atoms with E-state index in [-0.39, 0.29) is 18.2 Å². The van der Waals surface area contributed by atoms with Crippen LogP contribution in [0.3, 0.4) is 0 Å². The molecule has 0 saturated carbocycles. The van der Waals surface area contributed by atoms with Gasteiger partial charge in [-0.2, -0.15) is 0 Å². The van der Waals surface area contributed by atoms with E-state index in [2.05, 4.69) is 5.32 Å². The van der Waals surface area contributed by atoms with Gasteiger partial charge in [-0.1, -0.05) is 35.9 Å². The second-order valence-electron chi connectivity index (χ2n) is 10.0. The lowest BCUT2D eigenvalue weighted by Crippen LogP contribution is -2.43. The molecule has 0 saturated heterocycles. The van der Waals surface area contributed by atoms with E-state index in [4.69, 9.17) is 30.2 Å². The number of ether oxygens (including phenoxy) is 3. The van der Waals surface area contributed by atoms with Crippen LogP contribution in [-0.4, -0.2) is 29.9 Å². The summed E-state index contributed by atoms with van der Waals surface area (Å²) in [5.41, 5.74) is 1.39. The molecule has 8 nitrogen and oxygen atoms in total. The molecule has 0 aliphatic carbocycles. The Morgan fingerprint density at radius 1 is 1.00 bits per heavy atom. The highest BCUT2D eigenvalue weighted by molar-refractivity contribution is 6.30. The molecule has 3 aromatic carbocycles. The van der Waals surface area contributed by atoms with Crippen molar-refractivity contribution in [2.45, 2.75) is 51.9 Å². The van der Waals surface area contributed by atoms with Crippen molar-refractivity contribution < 1.29 is 28.2 Å². The van der Waals surface area contributed by atoms with Crippen LogP contribution in [0, 0.1) is 0 Å². The van der Waals surface area contributed by atoms with Crippen LogP contribution >= 0.6 is 11.6 Å². The van der Waals surface area contributed by atoms with Crippen molar-refractivity contribution in [3.05, 3.63) is 105 Å². The summed E-state index contributed by atoms with van der Waals surface area (Å²) in [4.78, 5) is 34.9. The fourth-order valence-electron chi connectivity index (χ4n) is 4.06. The number of halogens is 1. The predicted octanol–water partition coefficient (Wildman–Crippen LogP) is 7.03. The third kappa shape index (κ3) is 7.42. The Morgan fingerprint density at radius 3 is 2.45 bits per heavy atom. The average molecular weight is 564 g/mol. The molecular formula is C31H30ClNO7. The first kappa shape index (κ1) is 28.7. The summed E-state index contributed by atoms with van der Waals surface area (Å²) < 4.78 is 21.8. The molecule has 0 fully saturated rings. The predicted molar refractivity (Wildman–Crippen MR) is 153 cm³/mol. The average Bonchev–Trinajstić information content (AvgIpc) is 3.31. The molecule has 4 aromatic rings. The van der Waals surface area contributed by atoms with Crippen molar-refractivity contribution in [1.29, 1.82) is 0 Å². The molecule has 1 unspecified atom stereocenters. The first-order chi connectivity index (χ1) is 19.0. The highest BCUT2D eigenvalue weighted by Gasteiger charge is 2.40. The maximum Gasteiger partial charge on any atom is 0.411 e. The second-order valence-corrected chi connectivity index (χ2v) is 10.4. The number of benzene rings is 3. The summed E-state index contributed by atoms with van der Waals surface area (Å²) in [6.07, 6.45) is -0.315. The smallest absolute Gasteiger partial charge is 0.411 e. The van der Waals surface area contributed by atoms with Crippen LogP contribution in [0.4, 0.5) is 10.5 Å². The number of esters is 1. The fraction of sp³-hybridized carbons (Fsp3) is 0.258. The van der Waals surface area contributed by atoms with Gasteiger partial charge in [0.25, 0.3) is 0 Å². The molecule has 5 rings (SSSR count). The van der Waals surface area contributed by atoms with E-state index in [9.17, 15) is 14.4 Å². The Kier molecular flexibility index (Phi) is 8.80. The van der Waals surface area contributed by atoms with Gasteiger partial charge in [-0.25, -0.2) is 14.4 Å². The van der Waals surface area contributed by atoms with Crippen LogP contribution in [0.5, 0.6) is 5.75 Å². The van der Waals surface area contributed by atoms with Crippen molar-refractivity contribution in [2.24, 2.45) is 0 Å². The van der Waals surface area contributed by atoms with Gasteiger partial charge >= 0.3 is 17.7 Å². The molecule has 1 amide bonds. The second kappa shape index (κ2) is 12.3. The largest absolute Gasteiger partial charge is 0.485 e. The van der Waals surface area contributed by atoms with Gasteiger partial charge < -0.3 is 18.6 Å². The maximum absolute atomic E-state index is 12.4. The van der Waals surface area contributed by atoms with E-state index < -0.39 is 17.3 Å². The zero-order valence-corrected chi connectivity index (χ0v) is 23.4. The molecule has 1 aliphatic rings. The topological polar surface area (TPSA) is 104 Å². The highest BCUT2D eigenvalue weighted by atomic mass is 35.5. The summed E-state index contributed by atoms with van der Waals surface area (Å²) in [5.74, 6) is 0.270. The van der Waals surface area contributed by atoms with Gasteiger partial charge in [0, 0.05) is 34.6 Å². The van der Waals surface area contributed by atoms with Gasteiger partial charge in [0.1, 0.15) is 23.0 Å². The lowest BCUT2D eigenvalue weighted by molar-refractivity contribution is -0.0517. The number of hydrogen-bond donors (Lipinski definition) is 1. The zero-order valence-electron chi connectivity index (χ0n) is 22.6. The van der Waals surface area contributed by atoms with Gasteiger partial charge in [-0.3, -0.25) is 5.32 Å². The number of amides is 1. The van der Waals surface area contributed by atoms with Crippen molar-refractivity contribution >= 4 is 40.3 Å². The van der Waals surface area contributed by atoms with E-state index in [1.54, 1.807) is 74.5 Å². The summed E-state index contributed by atoms with van der Waals surface area (Å²) in [5, 5.41) is 3.98. The SMILES string of the molecule is CC(C)(OC(=O)c1ccccc1)C1Cc2cc3ccc(=O)oc3cc2O1.CC(C)OC(=O)Nc1cccc(Cl)c1. The minimum absolute atomic E-state index is 0.130. The molecule has 40 heavy (non-hydrogen) atoms. The first-order valence-electron chi connectivity index (χ1n) is 12.8. The van der Waals surface area contributed by atoms with Gasteiger partial charge in [0.05, 0.1) is 11.7 Å². The molecule has 1 aliphatic heterocycles. The van der Waals surface area contributed by atoms with Crippen molar-refractivity contribution in [3.63, 3.8) is 0 Å². The molecule has 0 spiro atoms. The van der Waals surface area contributed by atoms with Crippen molar-refractivity contribution in [1.82, 2.24) is 0 Å². The summed E-state index contributed by atoms with van der Waals surface area (Å²) in [7, 11) is 0. The summed E-state index contributed by atoms with van der Waals surface area (Å²) in [6.45, 7) is 7.25. The number of fused-ring (bicyclic) bond motifs is 2. The Bertz CT molecular complexity index is 1560. The van der Waals surface area contributed by atoms with Gasteiger partial charge in [-0.05, 0) is 75.7 Å². The number of hydrogen-bond acceptors (Lipinski definition) is 7. The Hall–Kier alpha value is -4.30. The number of rotatable bonds is 5. The van der Waals surface area contributed by atoms with Crippen LogP contribution in [0.2, 0.25) is 5.02 Å². The summed E-state index contributed by atoms with van der Waals surface area (Å²) in [6, 6.07) is 22.6. The lowest BCUT2D eigenvalue weighted by atomic mass is 9.96. The van der Waals surface area contributed by atoms with Crippen LogP contribution in [0.25, 0.3) is 11.0 Å². The van der Waals surface area contributed by atoms with Gasteiger partial charge in [0.15, 0.2) is 0 Å². The third-order valence-electron chi connectivity index (χ3n) is 6.03. The molecule has 9 heteroatoms. The van der Waals surface area contributed by atoms with Crippen LogP contribution in [0.15, 0.2) is 88.1 Å². The van der Waals surface area contributed by atoms with Crippen molar-refractivity contribution in [3.8, 4) is 5.75 Å². The van der Waals surface area contributed by atoms with E-state index in [0.717, 1.165) is 10.9 Å². The molecule has 1 atom stereocenters. The highest BCUT2D eigenvalue weighted by Crippen LogP contribution is 2.37. The minimum Gasteiger partial charge on any atom is -0.485 e. The molecule has 1 aromatic heterocycles. The Morgan fingerprint density at radius 2 is 1.75 bits per heavy atom. The number of nitrogens with one attached hydrogen (secondary N) is 1. The third-order valence-corrected chi connectivity index (χ3v) is 6.27. The Balaban J connectivity index is 0.000000224. The van der Waals surface area contributed by atoms with Crippen LogP contribution in [0.1, 0.15) is 43.6 Å². The van der Waals surface area contributed by atoms with E-state index in [1.807, 2.05) is 26.0 Å². The van der Waals surface area contributed by atoms with E-state index in [0.29, 0.717) is 34.0 Å². The van der Waals surface area contributed by atoms with E-state index >= 15 is 0 Å². The molecule has 2 heterocycles. The normalized spacial score (nSPS) is 14.0.